The van der Waals surface area contributed by atoms with Crippen LogP contribution in [0.1, 0.15) is 16.8 Å². The van der Waals surface area contributed by atoms with E-state index in [1.165, 1.54) is 0 Å². The van der Waals surface area contributed by atoms with Gasteiger partial charge < -0.3 is 15.5 Å². The Balaban J connectivity index is 2.80. The van der Waals surface area contributed by atoms with E-state index in [-0.39, 0.29) is 11.3 Å². The van der Waals surface area contributed by atoms with Crippen LogP contribution in [-0.2, 0) is 9.59 Å². The summed E-state index contributed by atoms with van der Waals surface area (Å²) in [5, 5.41) is 29.7. The molecule has 0 radical (unpaired) electrons. The molecule has 0 spiro atoms. The van der Waals surface area contributed by atoms with E-state index in [2.05, 4.69) is 0 Å². The Morgan fingerprint density at radius 2 is 1.75 bits per heavy atom. The third kappa shape index (κ3) is 4.05. The van der Waals surface area contributed by atoms with Crippen molar-refractivity contribution in [2.45, 2.75) is 12.5 Å². The van der Waals surface area contributed by atoms with Gasteiger partial charge in [0.05, 0.1) is 11.3 Å². The van der Waals surface area contributed by atoms with Gasteiger partial charge in [0.1, 0.15) is 6.04 Å². The Kier molecular flexibility index (Phi) is 4.73. The number of nitrogens with zero attached hydrogens (tertiary/aromatic N) is 1. The molecular weight excluding hydrogens is 272 g/mol. The first-order valence-electron chi connectivity index (χ1n) is 5.31. The second-order valence-electron chi connectivity index (χ2n) is 3.77. The van der Waals surface area contributed by atoms with Crippen LogP contribution in [-0.4, -0.2) is 39.0 Å². The molecule has 1 amide bonds. The Labute approximate surface area is 112 Å². The highest BCUT2D eigenvalue weighted by Crippen LogP contribution is 2.12. The predicted molar refractivity (Wildman–Crippen MR) is 64.2 cm³/mol. The molecule has 106 valence electrons. The van der Waals surface area contributed by atoms with Crippen molar-refractivity contribution in [1.82, 2.24) is 5.32 Å². The maximum absolute atomic E-state index is 11.7. The molecule has 20 heavy (non-hydrogen) atoms. The third-order valence-electron chi connectivity index (χ3n) is 2.32. The number of nitro groups is 1. The molecule has 1 aromatic carbocycles. The first-order valence-corrected chi connectivity index (χ1v) is 5.31. The molecule has 0 bridgehead atoms. The lowest BCUT2D eigenvalue weighted by Crippen LogP contribution is -2.42. The lowest BCUT2D eigenvalue weighted by molar-refractivity contribution is -0.384. The van der Waals surface area contributed by atoms with E-state index in [4.69, 9.17) is 10.2 Å². The van der Waals surface area contributed by atoms with Crippen LogP contribution in [0, 0.1) is 10.1 Å². The number of benzene rings is 1. The SMILES string of the molecule is O=C(O)CC(NC(=O)c1ccc([N+](=O)[O-])cc1)C(=O)O. The van der Waals surface area contributed by atoms with Crippen molar-refractivity contribution in [3.05, 3.63) is 39.9 Å². The summed E-state index contributed by atoms with van der Waals surface area (Å²) in [6, 6.07) is 2.89. The van der Waals surface area contributed by atoms with Gasteiger partial charge in [0.2, 0.25) is 0 Å². The molecule has 1 atom stereocenters. The molecule has 1 rings (SSSR count). The van der Waals surface area contributed by atoms with E-state index in [9.17, 15) is 24.5 Å². The normalized spacial score (nSPS) is 11.4. The van der Waals surface area contributed by atoms with Crippen molar-refractivity contribution in [2.24, 2.45) is 0 Å². The van der Waals surface area contributed by atoms with Crippen molar-refractivity contribution in [3.63, 3.8) is 0 Å². The molecule has 0 fully saturated rings. The fourth-order valence-corrected chi connectivity index (χ4v) is 1.35. The van der Waals surface area contributed by atoms with Gasteiger partial charge in [-0.2, -0.15) is 0 Å². The molecule has 9 nitrogen and oxygen atoms in total. The molecule has 0 aliphatic heterocycles. The van der Waals surface area contributed by atoms with Crippen LogP contribution >= 0.6 is 0 Å². The smallest absolute Gasteiger partial charge is 0.326 e. The molecule has 0 heterocycles. The van der Waals surface area contributed by atoms with Gasteiger partial charge in [-0.15, -0.1) is 0 Å². The largest absolute Gasteiger partial charge is 0.481 e. The van der Waals surface area contributed by atoms with Crippen molar-refractivity contribution in [2.75, 3.05) is 0 Å². The number of carbonyl (C=O) groups excluding carboxylic acids is 1. The number of rotatable bonds is 6. The van der Waals surface area contributed by atoms with Crippen LogP contribution in [0.4, 0.5) is 5.69 Å². The Morgan fingerprint density at radius 3 is 2.15 bits per heavy atom. The first-order chi connectivity index (χ1) is 9.31. The third-order valence-corrected chi connectivity index (χ3v) is 2.32. The summed E-state index contributed by atoms with van der Waals surface area (Å²) in [4.78, 5) is 42.7. The quantitative estimate of drug-likeness (QED) is 0.500. The number of non-ortho nitro benzene ring substituents is 1. The molecule has 0 aromatic heterocycles. The number of amides is 1. The number of carbonyl (C=O) groups is 3. The fraction of sp³-hybridized carbons (Fsp3) is 0.182. The Bertz CT molecular complexity index is 552. The van der Waals surface area contributed by atoms with E-state index in [0.29, 0.717) is 0 Å². The summed E-state index contributed by atoms with van der Waals surface area (Å²) < 4.78 is 0. The second kappa shape index (κ2) is 6.27. The summed E-state index contributed by atoms with van der Waals surface area (Å²) in [7, 11) is 0. The summed E-state index contributed by atoms with van der Waals surface area (Å²) >= 11 is 0. The molecule has 0 aliphatic rings. The van der Waals surface area contributed by atoms with E-state index in [1.54, 1.807) is 0 Å². The molecule has 9 heteroatoms. The zero-order chi connectivity index (χ0) is 15.3. The number of nitro benzene ring substituents is 1. The van der Waals surface area contributed by atoms with E-state index < -0.39 is 35.2 Å². The number of nitrogens with one attached hydrogen (secondary N) is 1. The number of hydrogen-bond donors (Lipinski definition) is 3. The van der Waals surface area contributed by atoms with Crippen molar-refractivity contribution >= 4 is 23.5 Å². The minimum Gasteiger partial charge on any atom is -0.481 e. The zero-order valence-corrected chi connectivity index (χ0v) is 9.98. The topological polar surface area (TPSA) is 147 Å². The molecule has 1 aromatic rings. The summed E-state index contributed by atoms with van der Waals surface area (Å²) in [6.07, 6.45) is -0.770. The van der Waals surface area contributed by atoms with Gasteiger partial charge in [0.15, 0.2) is 0 Å². The average Bonchev–Trinajstić information content (AvgIpc) is 2.37. The van der Waals surface area contributed by atoms with Gasteiger partial charge in [-0.05, 0) is 12.1 Å². The van der Waals surface area contributed by atoms with Gasteiger partial charge in [0.25, 0.3) is 11.6 Å². The lowest BCUT2D eigenvalue weighted by atomic mass is 10.1. The fourth-order valence-electron chi connectivity index (χ4n) is 1.35. The molecule has 3 N–H and O–H groups in total. The van der Waals surface area contributed by atoms with Crippen molar-refractivity contribution in [1.29, 1.82) is 0 Å². The van der Waals surface area contributed by atoms with Crippen LogP contribution in [0.15, 0.2) is 24.3 Å². The monoisotopic (exact) mass is 282 g/mol. The Morgan fingerprint density at radius 1 is 1.20 bits per heavy atom. The van der Waals surface area contributed by atoms with Crippen LogP contribution in [0.25, 0.3) is 0 Å². The average molecular weight is 282 g/mol. The van der Waals surface area contributed by atoms with Gasteiger partial charge in [-0.3, -0.25) is 19.7 Å². The van der Waals surface area contributed by atoms with E-state index in [0.717, 1.165) is 24.3 Å². The molecule has 1 unspecified atom stereocenters. The van der Waals surface area contributed by atoms with Gasteiger partial charge in [0, 0.05) is 17.7 Å². The summed E-state index contributed by atoms with van der Waals surface area (Å²) in [5.41, 5.74) is -0.228. The maximum Gasteiger partial charge on any atom is 0.326 e. The van der Waals surface area contributed by atoms with E-state index >= 15 is 0 Å². The highest BCUT2D eigenvalue weighted by molar-refractivity contribution is 5.97. The molecular formula is C11H10N2O7. The standard InChI is InChI=1S/C11H10N2O7/c14-9(15)5-8(11(17)18)12-10(16)6-1-3-7(4-2-6)13(19)20/h1-4,8H,5H2,(H,12,16)(H,14,15)(H,17,18). The van der Waals surface area contributed by atoms with Crippen LogP contribution in [0.2, 0.25) is 0 Å². The van der Waals surface area contributed by atoms with E-state index in [1.807, 2.05) is 5.32 Å². The number of carboxylic acids is 2. The van der Waals surface area contributed by atoms with Crippen molar-refractivity contribution < 1.29 is 29.5 Å². The van der Waals surface area contributed by atoms with Crippen LogP contribution in [0.5, 0.6) is 0 Å². The number of aliphatic carboxylic acids is 2. The minimum atomic E-state index is -1.57. The predicted octanol–water partition coefficient (Wildman–Crippen LogP) is 0.253. The second-order valence-corrected chi connectivity index (χ2v) is 3.77. The maximum atomic E-state index is 11.7. The lowest BCUT2D eigenvalue weighted by Gasteiger charge is -2.12. The Hall–Kier alpha value is -2.97. The first kappa shape index (κ1) is 15.1. The van der Waals surface area contributed by atoms with Gasteiger partial charge >= 0.3 is 11.9 Å². The summed E-state index contributed by atoms with van der Waals surface area (Å²) in [6.45, 7) is 0. The number of carboxylic acid groups (broad SMARTS) is 2. The molecule has 0 aliphatic carbocycles. The highest BCUT2D eigenvalue weighted by atomic mass is 16.6. The molecule has 0 saturated heterocycles. The van der Waals surface area contributed by atoms with Crippen LogP contribution < -0.4 is 5.32 Å². The molecule has 0 saturated carbocycles. The minimum absolute atomic E-state index is 0.00719. The number of hydrogen-bond acceptors (Lipinski definition) is 5. The van der Waals surface area contributed by atoms with Gasteiger partial charge in [-0.1, -0.05) is 0 Å². The zero-order valence-electron chi connectivity index (χ0n) is 9.98. The van der Waals surface area contributed by atoms with Crippen LogP contribution in [0.3, 0.4) is 0 Å². The summed E-state index contributed by atoms with van der Waals surface area (Å²) in [5.74, 6) is -3.68. The highest BCUT2D eigenvalue weighted by Gasteiger charge is 2.23. The van der Waals surface area contributed by atoms with Gasteiger partial charge in [-0.25, -0.2) is 4.79 Å². The van der Waals surface area contributed by atoms with Crippen molar-refractivity contribution in [3.8, 4) is 0 Å².